The summed E-state index contributed by atoms with van der Waals surface area (Å²) >= 11 is 0. The Balaban J connectivity index is 1.86. The van der Waals surface area contributed by atoms with Gasteiger partial charge in [-0.15, -0.1) is 0 Å². The number of carbonyl (C=O) groups is 1. The highest BCUT2D eigenvalue weighted by atomic mass is 19.4. The lowest BCUT2D eigenvalue weighted by molar-refractivity contribution is -0.137. The minimum atomic E-state index is -4.49. The number of aliphatic hydroxyl groups is 1. The van der Waals surface area contributed by atoms with E-state index in [-0.39, 0.29) is 12.4 Å². The van der Waals surface area contributed by atoms with Gasteiger partial charge in [0.25, 0.3) is 5.91 Å². The average molecular weight is 375 g/mol. The number of halogens is 3. The van der Waals surface area contributed by atoms with Crippen molar-refractivity contribution in [1.29, 1.82) is 0 Å². The van der Waals surface area contributed by atoms with Gasteiger partial charge in [-0.25, -0.2) is 4.98 Å². The quantitative estimate of drug-likeness (QED) is 0.711. The third kappa shape index (κ3) is 4.40. The molecule has 1 amide bonds. The van der Waals surface area contributed by atoms with Gasteiger partial charge in [0.15, 0.2) is 0 Å². The van der Waals surface area contributed by atoms with Gasteiger partial charge < -0.3 is 10.4 Å². The smallest absolute Gasteiger partial charge is 0.396 e. The number of rotatable bonds is 5. The summed E-state index contributed by atoms with van der Waals surface area (Å²) in [7, 11) is 0. The van der Waals surface area contributed by atoms with E-state index in [1.54, 1.807) is 12.1 Å². The van der Waals surface area contributed by atoms with E-state index < -0.39 is 17.6 Å². The second-order valence-corrected chi connectivity index (χ2v) is 5.89. The molecule has 3 rings (SSSR count). The fraction of sp³-hybridized carbons (Fsp3) is 0.211. The molecule has 0 bridgehead atoms. The Kier molecular flexibility index (Phi) is 5.36. The molecular weight excluding hydrogens is 359 g/mol. The van der Waals surface area contributed by atoms with Crippen molar-refractivity contribution in [2.24, 2.45) is 0 Å². The monoisotopic (exact) mass is 375 g/mol. The molecule has 0 saturated carbocycles. The normalized spacial score (nSPS) is 11.6. The summed E-state index contributed by atoms with van der Waals surface area (Å²) < 4.78 is 37.8. The zero-order chi connectivity index (χ0) is 19.4. The van der Waals surface area contributed by atoms with Crippen LogP contribution in [0, 0.1) is 0 Å². The van der Waals surface area contributed by atoms with E-state index in [2.05, 4.69) is 15.3 Å². The number of alkyl halides is 3. The molecular formula is C19H16F3N3O2. The van der Waals surface area contributed by atoms with Crippen LogP contribution in [-0.4, -0.2) is 27.6 Å². The zero-order valence-corrected chi connectivity index (χ0v) is 14.1. The van der Waals surface area contributed by atoms with Crippen molar-refractivity contribution in [2.75, 3.05) is 11.9 Å². The van der Waals surface area contributed by atoms with Crippen LogP contribution in [0.15, 0.2) is 48.7 Å². The van der Waals surface area contributed by atoms with E-state index in [1.807, 2.05) is 18.2 Å². The summed E-state index contributed by atoms with van der Waals surface area (Å²) in [6, 6.07) is 10.7. The first-order chi connectivity index (χ1) is 12.9. The van der Waals surface area contributed by atoms with E-state index in [1.165, 1.54) is 0 Å². The molecule has 0 saturated heterocycles. The number of pyridine rings is 2. The number of aromatic nitrogens is 2. The number of carbonyl (C=O) groups excluding carboxylic acids is 1. The van der Waals surface area contributed by atoms with Crippen molar-refractivity contribution in [2.45, 2.75) is 19.0 Å². The van der Waals surface area contributed by atoms with Gasteiger partial charge in [-0.2, -0.15) is 13.2 Å². The molecule has 27 heavy (non-hydrogen) atoms. The van der Waals surface area contributed by atoms with Gasteiger partial charge in [-0.05, 0) is 37.1 Å². The second kappa shape index (κ2) is 7.71. The number of nitrogens with one attached hydrogen (secondary N) is 1. The van der Waals surface area contributed by atoms with Crippen molar-refractivity contribution < 1.29 is 23.1 Å². The summed E-state index contributed by atoms with van der Waals surface area (Å²) in [6.45, 7) is 0.0431. The van der Waals surface area contributed by atoms with Crippen molar-refractivity contribution in [1.82, 2.24) is 9.97 Å². The molecule has 2 N–H and O–H groups in total. The van der Waals surface area contributed by atoms with Gasteiger partial charge in [0.1, 0.15) is 5.82 Å². The van der Waals surface area contributed by atoms with Crippen molar-refractivity contribution in [3.8, 4) is 0 Å². The molecule has 5 nitrogen and oxygen atoms in total. The molecule has 2 heterocycles. The fourth-order valence-corrected chi connectivity index (χ4v) is 2.59. The maximum atomic E-state index is 12.6. The summed E-state index contributed by atoms with van der Waals surface area (Å²) in [6.07, 6.45) is -2.69. The maximum absolute atomic E-state index is 12.6. The highest BCUT2D eigenvalue weighted by molar-refractivity contribution is 6.11. The molecule has 0 spiro atoms. The predicted molar refractivity (Wildman–Crippen MR) is 94.3 cm³/mol. The van der Waals surface area contributed by atoms with Crippen molar-refractivity contribution >= 4 is 22.6 Å². The van der Waals surface area contributed by atoms with Crippen LogP contribution in [0.3, 0.4) is 0 Å². The Bertz CT molecular complexity index is 957. The number of anilines is 1. The van der Waals surface area contributed by atoms with E-state index in [4.69, 9.17) is 5.11 Å². The van der Waals surface area contributed by atoms with Crippen molar-refractivity contribution in [3.63, 3.8) is 0 Å². The molecule has 0 radical (unpaired) electrons. The lowest BCUT2D eigenvalue weighted by Crippen LogP contribution is -2.14. The molecule has 0 unspecified atom stereocenters. The van der Waals surface area contributed by atoms with E-state index in [0.29, 0.717) is 30.1 Å². The predicted octanol–water partition coefficient (Wildman–Crippen LogP) is 3.83. The highest BCUT2D eigenvalue weighted by Crippen LogP contribution is 2.29. The van der Waals surface area contributed by atoms with Gasteiger partial charge in [-0.3, -0.25) is 9.78 Å². The highest BCUT2D eigenvalue weighted by Gasteiger charge is 2.30. The second-order valence-electron chi connectivity index (χ2n) is 5.89. The van der Waals surface area contributed by atoms with Gasteiger partial charge in [0.05, 0.1) is 16.6 Å². The van der Waals surface area contributed by atoms with Crippen LogP contribution in [0.25, 0.3) is 10.9 Å². The van der Waals surface area contributed by atoms with E-state index >= 15 is 0 Å². The largest absolute Gasteiger partial charge is 0.417 e. The van der Waals surface area contributed by atoms with Gasteiger partial charge in [0.2, 0.25) is 0 Å². The third-order valence-electron chi connectivity index (χ3n) is 3.95. The summed E-state index contributed by atoms with van der Waals surface area (Å²) in [5.41, 5.74) is 0.628. The van der Waals surface area contributed by atoms with Crippen LogP contribution in [0.1, 0.15) is 28.0 Å². The number of nitrogens with zero attached hydrogens (tertiary/aromatic N) is 2. The Hall–Kier alpha value is -3.00. The van der Waals surface area contributed by atoms with Crippen LogP contribution in [0.4, 0.5) is 19.0 Å². The Labute approximate surface area is 152 Å². The summed E-state index contributed by atoms with van der Waals surface area (Å²) in [5, 5.41) is 12.2. The topological polar surface area (TPSA) is 75.1 Å². The first-order valence-electron chi connectivity index (χ1n) is 8.22. The lowest BCUT2D eigenvalue weighted by atomic mass is 10.1. The average Bonchev–Trinajstić information content (AvgIpc) is 2.65. The molecule has 0 aliphatic rings. The number of hydrogen-bond acceptors (Lipinski definition) is 4. The SMILES string of the molecule is O=C(Nc1ccc(C(F)(F)F)cn1)c1cccc2ccc(CCCO)nc12. The van der Waals surface area contributed by atoms with Crippen LogP contribution < -0.4 is 5.32 Å². The van der Waals surface area contributed by atoms with Gasteiger partial charge >= 0.3 is 6.18 Å². The maximum Gasteiger partial charge on any atom is 0.417 e. The van der Waals surface area contributed by atoms with Crippen LogP contribution in [0.5, 0.6) is 0 Å². The molecule has 0 aliphatic heterocycles. The van der Waals surface area contributed by atoms with Gasteiger partial charge in [-0.1, -0.05) is 18.2 Å². The molecule has 2 aromatic heterocycles. The Morgan fingerprint density at radius 2 is 1.93 bits per heavy atom. The Morgan fingerprint density at radius 3 is 2.59 bits per heavy atom. The minimum absolute atomic E-state index is 0.0152. The third-order valence-corrected chi connectivity index (χ3v) is 3.95. The number of aliphatic hydroxyl groups excluding tert-OH is 1. The zero-order valence-electron chi connectivity index (χ0n) is 14.1. The van der Waals surface area contributed by atoms with Crippen molar-refractivity contribution in [3.05, 3.63) is 65.5 Å². The molecule has 0 aliphatic carbocycles. The number of amides is 1. The molecule has 0 atom stereocenters. The first kappa shape index (κ1) is 18.8. The molecule has 1 aromatic carbocycles. The van der Waals surface area contributed by atoms with E-state index in [0.717, 1.165) is 23.2 Å². The number of para-hydroxylation sites is 1. The molecule has 8 heteroatoms. The molecule has 140 valence electrons. The number of benzene rings is 1. The van der Waals surface area contributed by atoms with Gasteiger partial charge in [0, 0.05) is 23.9 Å². The molecule has 3 aromatic rings. The fourth-order valence-electron chi connectivity index (χ4n) is 2.59. The van der Waals surface area contributed by atoms with Crippen LogP contribution in [-0.2, 0) is 12.6 Å². The van der Waals surface area contributed by atoms with Crippen LogP contribution >= 0.6 is 0 Å². The first-order valence-corrected chi connectivity index (χ1v) is 8.22. The summed E-state index contributed by atoms with van der Waals surface area (Å²) in [5.74, 6) is -0.499. The number of hydrogen-bond donors (Lipinski definition) is 2. The van der Waals surface area contributed by atoms with E-state index in [9.17, 15) is 18.0 Å². The standard InChI is InChI=1S/C19H16F3N3O2/c20-19(21,22)13-7-9-16(23-11-13)25-18(27)15-5-1-3-12-6-8-14(4-2-10-26)24-17(12)15/h1,3,5-9,11,26H,2,4,10H2,(H,23,25,27). The lowest BCUT2D eigenvalue weighted by Gasteiger charge is -2.10. The number of aryl methyl sites for hydroxylation is 1. The number of fused-ring (bicyclic) bond motifs is 1. The molecule has 0 fully saturated rings. The van der Waals surface area contributed by atoms with Crippen LogP contribution in [0.2, 0.25) is 0 Å². The summed E-state index contributed by atoms with van der Waals surface area (Å²) in [4.78, 5) is 20.7. The Morgan fingerprint density at radius 1 is 1.11 bits per heavy atom. The minimum Gasteiger partial charge on any atom is -0.396 e.